The van der Waals surface area contributed by atoms with Crippen LogP contribution in [0, 0.1) is 11.8 Å². The second kappa shape index (κ2) is 5.65. The molecule has 7 heteroatoms. The third kappa shape index (κ3) is 1.89. The van der Waals surface area contributed by atoms with Crippen LogP contribution < -0.4 is 20.3 Å². The molecule has 3 heterocycles. The highest BCUT2D eigenvalue weighted by atomic mass is 16.5. The summed E-state index contributed by atoms with van der Waals surface area (Å²) in [4.78, 5) is 41.1. The molecule has 0 radical (unpaired) electrons. The monoisotopic (exact) mass is 377 g/mol. The number of imide groups is 1. The Hall–Kier alpha value is -3.19. The van der Waals surface area contributed by atoms with Crippen molar-refractivity contribution in [1.29, 1.82) is 0 Å². The summed E-state index contributed by atoms with van der Waals surface area (Å²) >= 11 is 0. The first-order chi connectivity index (χ1) is 13.5. The summed E-state index contributed by atoms with van der Waals surface area (Å²) in [5.41, 5.74) is 0.541. The van der Waals surface area contributed by atoms with Gasteiger partial charge in [0.2, 0.25) is 17.7 Å². The van der Waals surface area contributed by atoms with E-state index in [9.17, 15) is 14.4 Å². The first-order valence-corrected chi connectivity index (χ1v) is 9.20. The van der Waals surface area contributed by atoms with Gasteiger partial charge in [-0.05, 0) is 25.1 Å². The van der Waals surface area contributed by atoms with E-state index in [2.05, 4.69) is 10.6 Å². The molecule has 2 fully saturated rings. The number of benzene rings is 2. The number of carbonyl (C=O) groups excluding carboxylic acids is 3. The summed E-state index contributed by atoms with van der Waals surface area (Å²) < 4.78 is 5.36. The quantitative estimate of drug-likeness (QED) is 0.777. The van der Waals surface area contributed by atoms with Crippen molar-refractivity contribution in [2.24, 2.45) is 11.8 Å². The molecule has 7 nitrogen and oxygen atoms in total. The first kappa shape index (κ1) is 16.9. The second-order valence-corrected chi connectivity index (χ2v) is 7.43. The highest BCUT2D eigenvalue weighted by molar-refractivity contribution is 6.26. The summed E-state index contributed by atoms with van der Waals surface area (Å²) in [6, 6.07) is 13.9. The van der Waals surface area contributed by atoms with Crippen molar-refractivity contribution in [3.05, 3.63) is 54.1 Å². The van der Waals surface area contributed by atoms with Crippen LogP contribution in [-0.2, 0) is 19.9 Å². The number of anilines is 2. The van der Waals surface area contributed by atoms with Gasteiger partial charge in [-0.15, -0.1) is 0 Å². The summed E-state index contributed by atoms with van der Waals surface area (Å²) in [6.07, 6.45) is 0. The number of ether oxygens (including phenoxy) is 1. The van der Waals surface area contributed by atoms with Gasteiger partial charge in [0.15, 0.2) is 0 Å². The minimum absolute atomic E-state index is 0.295. The number of carbonyl (C=O) groups is 3. The minimum Gasteiger partial charge on any atom is -0.495 e. The maximum absolute atomic E-state index is 13.6. The van der Waals surface area contributed by atoms with Crippen LogP contribution >= 0.6 is 0 Å². The van der Waals surface area contributed by atoms with Crippen molar-refractivity contribution in [3.8, 4) is 5.75 Å². The van der Waals surface area contributed by atoms with Gasteiger partial charge in [0, 0.05) is 17.3 Å². The zero-order valence-corrected chi connectivity index (χ0v) is 15.4. The van der Waals surface area contributed by atoms with Gasteiger partial charge in [0.25, 0.3) is 0 Å². The van der Waals surface area contributed by atoms with Gasteiger partial charge in [-0.25, -0.2) is 4.90 Å². The fourth-order valence-corrected chi connectivity index (χ4v) is 4.97. The Bertz CT molecular complexity index is 1040. The molecular formula is C21H19N3O4. The summed E-state index contributed by atoms with van der Waals surface area (Å²) in [5.74, 6) is -2.00. The van der Waals surface area contributed by atoms with Crippen molar-refractivity contribution >= 4 is 29.1 Å². The lowest BCUT2D eigenvalue weighted by Gasteiger charge is -2.29. The molecule has 2 N–H and O–H groups in total. The van der Waals surface area contributed by atoms with Crippen LogP contribution in [0.25, 0.3) is 0 Å². The zero-order chi connectivity index (χ0) is 19.6. The van der Waals surface area contributed by atoms with Gasteiger partial charge >= 0.3 is 0 Å². The Morgan fingerprint density at radius 3 is 2.50 bits per heavy atom. The van der Waals surface area contributed by atoms with Crippen molar-refractivity contribution < 1.29 is 19.1 Å². The maximum Gasteiger partial charge on any atom is 0.250 e. The first-order valence-electron chi connectivity index (χ1n) is 9.20. The molecule has 2 aromatic rings. The molecule has 0 unspecified atom stereocenters. The zero-order valence-electron chi connectivity index (χ0n) is 15.4. The van der Waals surface area contributed by atoms with Gasteiger partial charge in [-0.3, -0.25) is 19.7 Å². The third-order valence-corrected chi connectivity index (χ3v) is 6.10. The third-order valence-electron chi connectivity index (χ3n) is 6.10. The van der Waals surface area contributed by atoms with Crippen LogP contribution in [0.2, 0.25) is 0 Å². The van der Waals surface area contributed by atoms with E-state index in [0.29, 0.717) is 22.7 Å². The molecule has 0 saturated carbocycles. The molecule has 0 aromatic heterocycles. The van der Waals surface area contributed by atoms with Gasteiger partial charge in [-0.1, -0.05) is 30.3 Å². The van der Waals surface area contributed by atoms with Crippen LogP contribution in [0.3, 0.4) is 0 Å². The van der Waals surface area contributed by atoms with Crippen LogP contribution in [0.15, 0.2) is 48.5 Å². The molecular weight excluding hydrogens is 358 g/mol. The van der Waals surface area contributed by atoms with E-state index in [-0.39, 0.29) is 23.8 Å². The van der Waals surface area contributed by atoms with E-state index in [1.54, 1.807) is 30.3 Å². The van der Waals surface area contributed by atoms with E-state index in [4.69, 9.17) is 4.74 Å². The molecule has 2 aromatic carbocycles. The topological polar surface area (TPSA) is 87.7 Å². The Balaban J connectivity index is 1.68. The predicted molar refractivity (Wildman–Crippen MR) is 102 cm³/mol. The molecule has 5 rings (SSSR count). The molecule has 0 bridgehead atoms. The van der Waals surface area contributed by atoms with Crippen molar-refractivity contribution in [2.75, 3.05) is 17.3 Å². The molecule has 0 aliphatic carbocycles. The Morgan fingerprint density at radius 1 is 1.00 bits per heavy atom. The van der Waals surface area contributed by atoms with E-state index < -0.39 is 17.4 Å². The molecule has 3 amide bonds. The van der Waals surface area contributed by atoms with Gasteiger partial charge < -0.3 is 10.1 Å². The van der Waals surface area contributed by atoms with E-state index in [1.807, 2.05) is 25.1 Å². The van der Waals surface area contributed by atoms with E-state index in [0.717, 1.165) is 0 Å². The number of hydrogen-bond donors (Lipinski definition) is 2. The number of methoxy groups -OCH3 is 1. The highest BCUT2D eigenvalue weighted by Crippen LogP contribution is 2.53. The fourth-order valence-electron chi connectivity index (χ4n) is 4.97. The van der Waals surface area contributed by atoms with E-state index in [1.165, 1.54) is 12.0 Å². The largest absolute Gasteiger partial charge is 0.495 e. The lowest BCUT2D eigenvalue weighted by molar-refractivity contribution is -0.130. The Morgan fingerprint density at radius 2 is 1.71 bits per heavy atom. The number of nitrogens with one attached hydrogen (secondary N) is 2. The lowest BCUT2D eigenvalue weighted by atomic mass is 9.76. The molecule has 1 spiro atoms. The number of para-hydroxylation sites is 3. The standard InChI is InChI=1S/C21H19N3O4/c1-11-16-17(21(23-11)12-7-3-4-8-13(12)22-20(21)27)19(26)24(18(16)25)14-9-5-6-10-15(14)28-2/h3-11,16-17,23H,1-2H3,(H,22,27)/t11-,16+,17-,21+/m0/s1. The summed E-state index contributed by atoms with van der Waals surface area (Å²) in [7, 11) is 1.50. The average Bonchev–Trinajstić information content (AvgIpc) is 3.26. The van der Waals surface area contributed by atoms with Crippen LogP contribution in [-0.4, -0.2) is 30.9 Å². The second-order valence-electron chi connectivity index (χ2n) is 7.43. The number of fused-ring (bicyclic) bond motifs is 4. The lowest BCUT2D eigenvalue weighted by Crippen LogP contribution is -2.53. The van der Waals surface area contributed by atoms with Gasteiger partial charge in [0.1, 0.15) is 11.3 Å². The van der Waals surface area contributed by atoms with Gasteiger partial charge in [-0.2, -0.15) is 0 Å². The highest BCUT2D eigenvalue weighted by Gasteiger charge is 2.70. The van der Waals surface area contributed by atoms with Crippen LogP contribution in [0.4, 0.5) is 11.4 Å². The fraction of sp³-hybridized carbons (Fsp3) is 0.286. The average molecular weight is 377 g/mol. The SMILES string of the molecule is COc1ccccc1N1C(=O)[C@@H]2[C@H](C)N[C@@]3(C(=O)Nc4ccccc43)[C@@H]2C1=O. The predicted octanol–water partition coefficient (Wildman–Crippen LogP) is 1.64. The number of nitrogens with zero attached hydrogens (tertiary/aromatic N) is 1. The molecule has 3 aliphatic heterocycles. The molecule has 2 saturated heterocycles. The van der Waals surface area contributed by atoms with Crippen molar-refractivity contribution in [2.45, 2.75) is 18.5 Å². The molecule has 4 atom stereocenters. The van der Waals surface area contributed by atoms with Crippen LogP contribution in [0.1, 0.15) is 12.5 Å². The minimum atomic E-state index is -1.25. The van der Waals surface area contributed by atoms with Gasteiger partial charge in [0.05, 0.1) is 24.6 Å². The van der Waals surface area contributed by atoms with Crippen LogP contribution in [0.5, 0.6) is 5.75 Å². The Labute approximate surface area is 161 Å². The van der Waals surface area contributed by atoms with Crippen molar-refractivity contribution in [3.63, 3.8) is 0 Å². The number of rotatable bonds is 2. The van der Waals surface area contributed by atoms with Crippen molar-refractivity contribution in [1.82, 2.24) is 5.32 Å². The maximum atomic E-state index is 13.6. The molecule has 28 heavy (non-hydrogen) atoms. The molecule has 142 valence electrons. The smallest absolute Gasteiger partial charge is 0.250 e. The number of amides is 3. The summed E-state index contributed by atoms with van der Waals surface area (Å²) in [5, 5.41) is 6.15. The number of hydrogen-bond acceptors (Lipinski definition) is 5. The molecule has 3 aliphatic rings. The summed E-state index contributed by atoms with van der Waals surface area (Å²) in [6.45, 7) is 1.84. The Kier molecular flexibility index (Phi) is 3.42. The normalized spacial score (nSPS) is 30.6. The van der Waals surface area contributed by atoms with E-state index >= 15 is 0 Å².